The van der Waals surface area contributed by atoms with Gasteiger partial charge in [-0.1, -0.05) is 66.2 Å². The van der Waals surface area contributed by atoms with Gasteiger partial charge >= 0.3 is 0 Å². The first-order valence-electron chi connectivity index (χ1n) is 14.3. The number of hydrogen-bond acceptors (Lipinski definition) is 4. The highest BCUT2D eigenvalue weighted by Crippen LogP contribution is 2.42. The molecule has 0 aliphatic rings. The lowest BCUT2D eigenvalue weighted by molar-refractivity contribution is 0.282. The highest BCUT2D eigenvalue weighted by Gasteiger charge is 2.32. The second-order valence-electron chi connectivity index (χ2n) is 10.6. The fourth-order valence-electron chi connectivity index (χ4n) is 5.61. The third-order valence-electron chi connectivity index (χ3n) is 7.76. The summed E-state index contributed by atoms with van der Waals surface area (Å²) < 4.78 is 15.6. The fourth-order valence-corrected chi connectivity index (χ4v) is 6.37. The summed E-state index contributed by atoms with van der Waals surface area (Å²) >= 11 is 10.0. The topological polar surface area (TPSA) is 94.0 Å². The third kappa shape index (κ3) is 5.77. The lowest BCUT2D eigenvalue weighted by Crippen LogP contribution is -2.25. The number of H-pyrrole nitrogens is 2. The van der Waals surface area contributed by atoms with Gasteiger partial charge in [0.2, 0.25) is 0 Å². The van der Waals surface area contributed by atoms with Crippen LogP contribution in [0.3, 0.4) is 0 Å². The number of nitrogens with zero attached hydrogens (tertiary/aromatic N) is 2. The molecule has 0 saturated carbocycles. The van der Waals surface area contributed by atoms with Crippen LogP contribution in [0.1, 0.15) is 39.6 Å². The maximum Gasteiger partial charge on any atom is 0.275 e. The SMILES string of the molecule is COc1cc(C(c2c(C)[nH]n(-c3ccccc3)c2=O)c2c(C)[nH]n(-c3ccccc3)c2=O)cc(Br)c1OCc1ccccc1Cl. The largest absolute Gasteiger partial charge is 0.493 e. The van der Waals surface area contributed by atoms with Crippen LogP contribution in [-0.2, 0) is 6.61 Å². The first kappa shape index (κ1) is 30.3. The number of methoxy groups -OCH3 is 1. The predicted octanol–water partition coefficient (Wildman–Crippen LogP) is 7.45. The number of aromatic amines is 2. The molecule has 0 spiro atoms. The van der Waals surface area contributed by atoms with E-state index in [1.807, 2.05) is 111 Å². The molecule has 6 aromatic rings. The van der Waals surface area contributed by atoms with Crippen molar-refractivity contribution in [3.05, 3.63) is 161 Å². The van der Waals surface area contributed by atoms with E-state index in [1.165, 1.54) is 9.36 Å². The summed E-state index contributed by atoms with van der Waals surface area (Å²) in [7, 11) is 1.55. The normalized spacial score (nSPS) is 11.2. The lowest BCUT2D eigenvalue weighted by Gasteiger charge is -2.20. The van der Waals surface area contributed by atoms with Crippen molar-refractivity contribution in [2.45, 2.75) is 26.4 Å². The Bertz CT molecular complexity index is 2000. The summed E-state index contributed by atoms with van der Waals surface area (Å²) in [5.41, 5.74) is 4.49. The number of halogens is 2. The van der Waals surface area contributed by atoms with Gasteiger partial charge in [0.05, 0.1) is 34.1 Å². The Kier molecular flexibility index (Phi) is 8.56. The van der Waals surface area contributed by atoms with E-state index in [-0.39, 0.29) is 17.7 Å². The molecule has 8 nitrogen and oxygen atoms in total. The van der Waals surface area contributed by atoms with Gasteiger partial charge in [-0.3, -0.25) is 19.8 Å². The maximum absolute atomic E-state index is 14.2. The number of rotatable bonds is 9. The van der Waals surface area contributed by atoms with Crippen LogP contribution in [-0.4, -0.2) is 26.7 Å². The molecule has 0 saturated heterocycles. The van der Waals surface area contributed by atoms with Crippen molar-refractivity contribution in [3.63, 3.8) is 0 Å². The minimum Gasteiger partial charge on any atom is -0.493 e. The first-order chi connectivity index (χ1) is 21.8. The van der Waals surface area contributed by atoms with Gasteiger partial charge in [-0.25, -0.2) is 9.36 Å². The zero-order valence-electron chi connectivity index (χ0n) is 24.8. The van der Waals surface area contributed by atoms with Crippen LogP contribution >= 0.6 is 27.5 Å². The Hall–Kier alpha value is -4.73. The summed E-state index contributed by atoms with van der Waals surface area (Å²) in [5, 5.41) is 7.06. The predicted molar refractivity (Wildman–Crippen MR) is 180 cm³/mol. The summed E-state index contributed by atoms with van der Waals surface area (Å²) in [5.74, 6) is 0.153. The number of ether oxygens (including phenoxy) is 2. The molecule has 2 aromatic heterocycles. The molecule has 0 atom stereocenters. The molecule has 0 radical (unpaired) electrons. The molecule has 6 rings (SSSR count). The number of aromatic nitrogens is 4. The minimum absolute atomic E-state index is 0.217. The Balaban J connectivity index is 1.54. The molecule has 2 heterocycles. The van der Waals surface area contributed by atoms with Gasteiger partial charge in [0.25, 0.3) is 11.1 Å². The standard InChI is InChI=1S/C35H30BrClN4O4/c1-21-30(34(42)40(38-21)25-13-6-4-7-14-25)32(31-22(2)39-41(35(31)43)26-15-8-5-9-16-26)24-18-27(36)33(29(19-24)44-3)45-20-23-12-10-11-17-28(23)37/h4-19,32,38-39H,20H2,1-3H3. The molecule has 10 heteroatoms. The summed E-state index contributed by atoms with van der Waals surface area (Å²) in [6.07, 6.45) is 0. The van der Waals surface area contributed by atoms with Crippen LogP contribution in [0.25, 0.3) is 11.4 Å². The van der Waals surface area contributed by atoms with Crippen molar-refractivity contribution in [1.82, 2.24) is 19.6 Å². The molecule has 228 valence electrons. The molecule has 0 fully saturated rings. The van der Waals surface area contributed by atoms with E-state index in [4.69, 9.17) is 21.1 Å². The molecule has 0 amide bonds. The molecule has 4 aromatic carbocycles. The molecule has 0 aliphatic heterocycles. The quantitative estimate of drug-likeness (QED) is 0.165. The molecular formula is C35H30BrClN4O4. The second-order valence-corrected chi connectivity index (χ2v) is 11.9. The second kappa shape index (κ2) is 12.7. The Morgan fingerprint density at radius 2 is 1.29 bits per heavy atom. The van der Waals surface area contributed by atoms with E-state index in [0.717, 1.165) is 5.56 Å². The zero-order chi connectivity index (χ0) is 31.7. The highest BCUT2D eigenvalue weighted by molar-refractivity contribution is 9.10. The summed E-state index contributed by atoms with van der Waals surface area (Å²) in [6, 6.07) is 29.8. The molecule has 0 unspecified atom stereocenters. The fraction of sp³-hybridized carbons (Fsp3) is 0.143. The van der Waals surface area contributed by atoms with Gasteiger partial charge in [-0.2, -0.15) is 0 Å². The van der Waals surface area contributed by atoms with Crippen molar-refractivity contribution < 1.29 is 9.47 Å². The Morgan fingerprint density at radius 1 is 0.778 bits per heavy atom. The number of benzene rings is 4. The van der Waals surface area contributed by atoms with Gasteiger partial charge in [0, 0.05) is 27.9 Å². The van der Waals surface area contributed by atoms with Crippen molar-refractivity contribution in [3.8, 4) is 22.9 Å². The van der Waals surface area contributed by atoms with Gasteiger partial charge in [0.15, 0.2) is 11.5 Å². The summed E-state index contributed by atoms with van der Waals surface area (Å²) in [4.78, 5) is 28.4. The van der Waals surface area contributed by atoms with E-state index in [9.17, 15) is 9.59 Å². The molecular weight excluding hydrogens is 656 g/mol. The molecule has 0 aliphatic carbocycles. The zero-order valence-corrected chi connectivity index (χ0v) is 27.1. The number of para-hydroxylation sites is 2. The maximum atomic E-state index is 14.2. The average molecular weight is 686 g/mol. The van der Waals surface area contributed by atoms with Crippen molar-refractivity contribution in [2.24, 2.45) is 0 Å². The number of nitrogens with one attached hydrogen (secondary N) is 2. The Morgan fingerprint density at radius 3 is 1.80 bits per heavy atom. The lowest BCUT2D eigenvalue weighted by atomic mass is 9.85. The van der Waals surface area contributed by atoms with Gasteiger partial charge < -0.3 is 9.47 Å². The van der Waals surface area contributed by atoms with E-state index in [1.54, 1.807) is 7.11 Å². The van der Waals surface area contributed by atoms with Crippen LogP contribution in [0.2, 0.25) is 5.02 Å². The highest BCUT2D eigenvalue weighted by atomic mass is 79.9. The van der Waals surface area contributed by atoms with Crippen LogP contribution in [0.15, 0.2) is 111 Å². The van der Waals surface area contributed by atoms with Crippen LogP contribution in [0.4, 0.5) is 0 Å². The van der Waals surface area contributed by atoms with Crippen LogP contribution in [0.5, 0.6) is 11.5 Å². The minimum atomic E-state index is -0.754. The molecule has 2 N–H and O–H groups in total. The number of hydrogen-bond donors (Lipinski definition) is 2. The molecule has 0 bridgehead atoms. The van der Waals surface area contributed by atoms with Gasteiger partial charge in [-0.05, 0) is 77.8 Å². The Labute approximate surface area is 272 Å². The van der Waals surface area contributed by atoms with E-state index < -0.39 is 5.92 Å². The average Bonchev–Trinajstić information content (AvgIpc) is 3.51. The van der Waals surface area contributed by atoms with Gasteiger partial charge in [0.1, 0.15) is 6.61 Å². The monoisotopic (exact) mass is 684 g/mol. The summed E-state index contributed by atoms with van der Waals surface area (Å²) in [6.45, 7) is 3.90. The van der Waals surface area contributed by atoms with E-state index in [2.05, 4.69) is 26.1 Å². The first-order valence-corrected chi connectivity index (χ1v) is 15.4. The van der Waals surface area contributed by atoms with Crippen LogP contribution < -0.4 is 20.6 Å². The smallest absolute Gasteiger partial charge is 0.275 e. The van der Waals surface area contributed by atoms with Crippen molar-refractivity contribution in [2.75, 3.05) is 7.11 Å². The molecule has 45 heavy (non-hydrogen) atoms. The van der Waals surface area contributed by atoms with Crippen molar-refractivity contribution in [1.29, 1.82) is 0 Å². The number of aryl methyl sites for hydroxylation is 2. The van der Waals surface area contributed by atoms with Crippen LogP contribution in [0, 0.1) is 13.8 Å². The van der Waals surface area contributed by atoms with E-state index in [0.29, 0.717) is 60.4 Å². The van der Waals surface area contributed by atoms with Crippen molar-refractivity contribution >= 4 is 27.5 Å². The van der Waals surface area contributed by atoms with Gasteiger partial charge in [-0.15, -0.1) is 0 Å². The van der Waals surface area contributed by atoms with E-state index >= 15 is 0 Å². The third-order valence-corrected chi connectivity index (χ3v) is 8.71.